The maximum atomic E-state index is 11.5. The van der Waals surface area contributed by atoms with Crippen LogP contribution in [0.15, 0.2) is 18.2 Å². The minimum Gasteiger partial charge on any atom is -0.361 e. The smallest absolute Gasteiger partial charge is 0.239 e. The third kappa shape index (κ3) is 2.94. The number of anilines is 1. The van der Waals surface area contributed by atoms with Crippen LogP contribution in [0.3, 0.4) is 0 Å². The molecule has 4 nitrogen and oxygen atoms in total. The molecule has 2 rings (SSSR count). The lowest BCUT2D eigenvalue weighted by Gasteiger charge is -2.23. The zero-order chi connectivity index (χ0) is 13.1. The van der Waals surface area contributed by atoms with Gasteiger partial charge in [0, 0.05) is 19.1 Å². The summed E-state index contributed by atoms with van der Waals surface area (Å²) in [6.07, 6.45) is 0.928. The predicted octanol–water partition coefficient (Wildman–Crippen LogP) is 1.69. The number of hydrogen-bond donors (Lipinski definition) is 2. The van der Waals surface area contributed by atoms with Crippen LogP contribution in [0.1, 0.15) is 24.9 Å². The molecule has 1 aromatic rings. The fourth-order valence-electron chi connectivity index (χ4n) is 2.07. The maximum absolute atomic E-state index is 11.5. The molecule has 5 heteroatoms. The van der Waals surface area contributed by atoms with E-state index < -0.39 is 0 Å². The molecule has 1 saturated heterocycles. The Labute approximate surface area is 112 Å². The summed E-state index contributed by atoms with van der Waals surface area (Å²) >= 11 is 6.28. The molecule has 1 aliphatic heterocycles. The number of nitrogens with zero attached hydrogens (tertiary/aromatic N) is 1. The molecule has 1 fully saturated rings. The van der Waals surface area contributed by atoms with Gasteiger partial charge >= 0.3 is 0 Å². The third-order valence-electron chi connectivity index (χ3n) is 3.10. The van der Waals surface area contributed by atoms with E-state index >= 15 is 0 Å². The van der Waals surface area contributed by atoms with Gasteiger partial charge in [0.25, 0.3) is 0 Å². The molecule has 98 valence electrons. The molecule has 0 saturated carbocycles. The van der Waals surface area contributed by atoms with Gasteiger partial charge in [-0.05, 0) is 31.0 Å². The molecular formula is C13H18ClN3O. The van der Waals surface area contributed by atoms with Crippen molar-refractivity contribution in [3.05, 3.63) is 28.8 Å². The lowest BCUT2D eigenvalue weighted by Crippen LogP contribution is -2.33. The summed E-state index contributed by atoms with van der Waals surface area (Å²) in [6.45, 7) is 3.84. The van der Waals surface area contributed by atoms with Crippen LogP contribution in [-0.4, -0.2) is 25.5 Å². The van der Waals surface area contributed by atoms with Crippen LogP contribution in [0.4, 0.5) is 5.69 Å². The van der Waals surface area contributed by atoms with E-state index in [9.17, 15) is 4.79 Å². The second-order valence-corrected chi connectivity index (χ2v) is 5.03. The van der Waals surface area contributed by atoms with Gasteiger partial charge in [-0.3, -0.25) is 4.79 Å². The third-order valence-corrected chi connectivity index (χ3v) is 3.40. The first-order valence-electron chi connectivity index (χ1n) is 6.14. The Hall–Kier alpha value is -1.26. The Morgan fingerprint density at radius 1 is 1.50 bits per heavy atom. The van der Waals surface area contributed by atoms with Crippen LogP contribution in [0.25, 0.3) is 0 Å². The van der Waals surface area contributed by atoms with Crippen LogP contribution in [-0.2, 0) is 4.79 Å². The van der Waals surface area contributed by atoms with Crippen molar-refractivity contribution in [2.24, 2.45) is 5.73 Å². The van der Waals surface area contributed by atoms with Crippen molar-refractivity contribution >= 4 is 23.2 Å². The zero-order valence-corrected chi connectivity index (χ0v) is 11.2. The number of carbonyl (C=O) groups excluding carboxylic acids is 1. The van der Waals surface area contributed by atoms with Gasteiger partial charge in [-0.25, -0.2) is 0 Å². The quantitative estimate of drug-likeness (QED) is 0.857. The van der Waals surface area contributed by atoms with E-state index in [2.05, 4.69) is 5.32 Å². The number of nitrogens with one attached hydrogen (secondary N) is 1. The number of rotatable bonds is 2. The highest BCUT2D eigenvalue weighted by Gasteiger charge is 2.17. The molecule has 18 heavy (non-hydrogen) atoms. The van der Waals surface area contributed by atoms with Gasteiger partial charge in [0.15, 0.2) is 0 Å². The van der Waals surface area contributed by atoms with Gasteiger partial charge in [-0.15, -0.1) is 0 Å². The number of hydrogen-bond acceptors (Lipinski definition) is 3. The molecule has 0 bridgehead atoms. The highest BCUT2D eigenvalue weighted by Crippen LogP contribution is 2.29. The second-order valence-electron chi connectivity index (χ2n) is 4.62. The molecule has 1 amide bonds. The van der Waals surface area contributed by atoms with Crippen LogP contribution in [0.5, 0.6) is 0 Å². The van der Waals surface area contributed by atoms with Crippen molar-refractivity contribution in [2.45, 2.75) is 19.4 Å². The largest absolute Gasteiger partial charge is 0.361 e. The normalized spacial score (nSPS) is 18.2. The lowest BCUT2D eigenvalue weighted by atomic mass is 10.1. The van der Waals surface area contributed by atoms with Crippen LogP contribution >= 0.6 is 11.6 Å². The molecule has 0 aromatic heterocycles. The molecule has 0 unspecified atom stereocenters. The summed E-state index contributed by atoms with van der Waals surface area (Å²) in [5.74, 6) is 0.0415. The van der Waals surface area contributed by atoms with Crippen LogP contribution in [0.2, 0.25) is 5.02 Å². The Morgan fingerprint density at radius 2 is 2.28 bits per heavy atom. The van der Waals surface area contributed by atoms with E-state index in [0.29, 0.717) is 11.6 Å². The average Bonchev–Trinajstić information content (AvgIpc) is 2.53. The Morgan fingerprint density at radius 3 is 2.94 bits per heavy atom. The molecule has 0 spiro atoms. The first-order chi connectivity index (χ1) is 8.58. The van der Waals surface area contributed by atoms with E-state index in [1.165, 1.54) is 0 Å². The van der Waals surface area contributed by atoms with E-state index in [0.717, 1.165) is 30.8 Å². The fraction of sp³-hybridized carbons (Fsp3) is 0.462. The van der Waals surface area contributed by atoms with Crippen molar-refractivity contribution in [2.75, 3.05) is 24.5 Å². The summed E-state index contributed by atoms with van der Waals surface area (Å²) in [7, 11) is 0. The zero-order valence-electron chi connectivity index (χ0n) is 10.4. The number of halogens is 1. The van der Waals surface area contributed by atoms with Gasteiger partial charge in [-0.2, -0.15) is 0 Å². The highest BCUT2D eigenvalue weighted by molar-refractivity contribution is 6.33. The van der Waals surface area contributed by atoms with Crippen molar-refractivity contribution < 1.29 is 4.79 Å². The van der Waals surface area contributed by atoms with Gasteiger partial charge in [0.05, 0.1) is 17.3 Å². The lowest BCUT2D eigenvalue weighted by molar-refractivity contribution is -0.119. The van der Waals surface area contributed by atoms with E-state index in [1.54, 1.807) is 0 Å². The highest BCUT2D eigenvalue weighted by atomic mass is 35.5. The minimum absolute atomic E-state index is 0.0380. The number of carbonyl (C=O) groups is 1. The fourth-order valence-corrected chi connectivity index (χ4v) is 2.38. The van der Waals surface area contributed by atoms with E-state index in [1.807, 2.05) is 30.0 Å². The first kappa shape index (κ1) is 13.2. The second kappa shape index (κ2) is 5.59. The van der Waals surface area contributed by atoms with Crippen molar-refractivity contribution in [1.29, 1.82) is 0 Å². The Bertz CT molecular complexity index is 448. The summed E-state index contributed by atoms with van der Waals surface area (Å²) in [5, 5.41) is 3.50. The molecule has 1 aliphatic rings. The molecule has 1 heterocycles. The molecule has 1 atom stereocenters. The topological polar surface area (TPSA) is 58.4 Å². The van der Waals surface area contributed by atoms with E-state index in [4.69, 9.17) is 17.3 Å². The van der Waals surface area contributed by atoms with Crippen molar-refractivity contribution in [3.63, 3.8) is 0 Å². The van der Waals surface area contributed by atoms with Gasteiger partial charge in [0.2, 0.25) is 5.91 Å². The summed E-state index contributed by atoms with van der Waals surface area (Å²) < 4.78 is 0. The molecular weight excluding hydrogens is 250 g/mol. The minimum atomic E-state index is -0.0380. The number of amides is 1. The number of benzene rings is 1. The van der Waals surface area contributed by atoms with Gasteiger partial charge < -0.3 is 16.0 Å². The SMILES string of the molecule is C[C@@H](N)c1ccc(N2CCCNC(=O)C2)c(Cl)c1. The summed E-state index contributed by atoms with van der Waals surface area (Å²) in [4.78, 5) is 13.5. The molecule has 0 aliphatic carbocycles. The van der Waals surface area contributed by atoms with Gasteiger partial charge in [0.1, 0.15) is 0 Å². The Balaban J connectivity index is 2.24. The van der Waals surface area contributed by atoms with Crippen molar-refractivity contribution in [1.82, 2.24) is 5.32 Å². The van der Waals surface area contributed by atoms with Gasteiger partial charge in [-0.1, -0.05) is 17.7 Å². The van der Waals surface area contributed by atoms with E-state index in [-0.39, 0.29) is 11.9 Å². The summed E-state index contributed by atoms with van der Waals surface area (Å²) in [6, 6.07) is 5.75. The van der Waals surface area contributed by atoms with Crippen LogP contribution < -0.4 is 16.0 Å². The number of nitrogens with two attached hydrogens (primary N) is 1. The summed E-state index contributed by atoms with van der Waals surface area (Å²) in [5.41, 5.74) is 7.73. The monoisotopic (exact) mass is 267 g/mol. The Kier molecular flexibility index (Phi) is 4.09. The standard InChI is InChI=1S/C13H18ClN3O/c1-9(15)10-3-4-12(11(14)7-10)17-6-2-5-16-13(18)8-17/h3-4,7,9H,2,5-6,8,15H2,1H3,(H,16,18)/t9-/m1/s1. The molecule has 1 aromatic carbocycles. The molecule has 3 N–H and O–H groups in total. The average molecular weight is 268 g/mol. The maximum Gasteiger partial charge on any atom is 0.239 e. The first-order valence-corrected chi connectivity index (χ1v) is 6.52. The molecule has 0 radical (unpaired) electrons. The van der Waals surface area contributed by atoms with Crippen LogP contribution in [0, 0.1) is 0 Å². The van der Waals surface area contributed by atoms with Crippen molar-refractivity contribution in [3.8, 4) is 0 Å². The predicted molar refractivity (Wildman–Crippen MR) is 73.9 cm³/mol.